The van der Waals surface area contributed by atoms with Gasteiger partial charge >= 0.3 is 5.69 Å². The van der Waals surface area contributed by atoms with Gasteiger partial charge in [0.05, 0.1) is 21.6 Å². The lowest BCUT2D eigenvalue weighted by molar-refractivity contribution is -0.393. The minimum Gasteiger partial charge on any atom is -0.271 e. The quantitative estimate of drug-likeness (QED) is 0.494. The van der Waals surface area contributed by atoms with Gasteiger partial charge in [-0.2, -0.15) is 5.10 Å². The Morgan fingerprint density at radius 1 is 1.33 bits per heavy atom. The summed E-state index contributed by atoms with van der Waals surface area (Å²) in [6, 6.07) is 3.41. The molecule has 24 heavy (non-hydrogen) atoms. The molecule has 0 saturated carbocycles. The molecule has 0 saturated heterocycles. The van der Waals surface area contributed by atoms with Gasteiger partial charge in [0.2, 0.25) is 0 Å². The molecule has 0 amide bonds. The lowest BCUT2D eigenvalue weighted by Gasteiger charge is -2.22. The Kier molecular flexibility index (Phi) is 5.08. The predicted molar refractivity (Wildman–Crippen MR) is 92.1 cm³/mol. The fraction of sp³-hybridized carbons (Fsp3) is 0.312. The molecule has 0 radical (unpaired) electrons. The van der Waals surface area contributed by atoms with Crippen molar-refractivity contribution in [3.05, 3.63) is 62.2 Å². The largest absolute Gasteiger partial charge is 0.301 e. The predicted octanol–water partition coefficient (Wildman–Crippen LogP) is 4.20. The molecule has 0 bridgehead atoms. The van der Waals surface area contributed by atoms with Crippen molar-refractivity contribution < 1.29 is 9.85 Å². The van der Waals surface area contributed by atoms with Crippen molar-refractivity contribution in [1.82, 2.24) is 0 Å². The van der Waals surface area contributed by atoms with E-state index < -0.39 is 9.85 Å². The summed E-state index contributed by atoms with van der Waals surface area (Å²) in [6.45, 7) is 7.86. The zero-order valence-corrected chi connectivity index (χ0v) is 13.5. The van der Waals surface area contributed by atoms with Crippen molar-refractivity contribution in [2.75, 3.05) is 5.43 Å². The first-order valence-corrected chi connectivity index (χ1v) is 7.37. The molecule has 0 unspecified atom stereocenters. The third kappa shape index (κ3) is 3.83. The molecular formula is C16H18N4O4. The fourth-order valence-electron chi connectivity index (χ4n) is 2.43. The van der Waals surface area contributed by atoms with Crippen LogP contribution in [-0.2, 0) is 0 Å². The first-order chi connectivity index (χ1) is 11.3. The normalized spacial score (nSPS) is 18.8. The third-order valence-corrected chi connectivity index (χ3v) is 4.00. The van der Waals surface area contributed by atoms with Crippen LogP contribution in [0, 0.1) is 26.1 Å². The summed E-state index contributed by atoms with van der Waals surface area (Å²) in [5.41, 5.74) is 4.92. The van der Waals surface area contributed by atoms with Crippen LogP contribution in [-0.4, -0.2) is 15.6 Å². The van der Waals surface area contributed by atoms with E-state index >= 15 is 0 Å². The van der Waals surface area contributed by atoms with E-state index in [1.807, 2.05) is 13.8 Å². The van der Waals surface area contributed by atoms with Crippen LogP contribution in [0.4, 0.5) is 17.1 Å². The lowest BCUT2D eigenvalue weighted by Crippen LogP contribution is -2.16. The Hall–Kier alpha value is -3.03. The van der Waals surface area contributed by atoms with Gasteiger partial charge in [-0.3, -0.25) is 25.7 Å². The standard InChI is InChI=1S/C16H18N4O4/c1-10(2)12-5-4-11(3)15(8-12)18-17-14-7-6-13(19(21)22)9-16(14)20(23)24/h4,6-7,9,12,17H,1,5,8H2,2-3H3/t12-/m1/s1. The van der Waals surface area contributed by atoms with Crippen molar-refractivity contribution in [1.29, 1.82) is 0 Å². The molecule has 126 valence electrons. The Morgan fingerprint density at radius 3 is 2.62 bits per heavy atom. The molecule has 0 aliphatic heterocycles. The Bertz CT molecular complexity index is 767. The van der Waals surface area contributed by atoms with Crippen molar-refractivity contribution in [2.45, 2.75) is 26.7 Å². The van der Waals surface area contributed by atoms with E-state index in [4.69, 9.17) is 0 Å². The summed E-state index contributed by atoms with van der Waals surface area (Å²) >= 11 is 0. The highest BCUT2D eigenvalue weighted by Gasteiger charge is 2.21. The van der Waals surface area contributed by atoms with E-state index in [0.29, 0.717) is 12.3 Å². The van der Waals surface area contributed by atoms with E-state index in [-0.39, 0.29) is 17.1 Å². The number of nitrogens with one attached hydrogen (secondary N) is 1. The molecule has 0 fully saturated rings. The van der Waals surface area contributed by atoms with Crippen molar-refractivity contribution in [3.63, 3.8) is 0 Å². The second-order valence-electron chi connectivity index (χ2n) is 5.76. The minimum absolute atomic E-state index is 0.114. The number of hydrazone groups is 1. The zero-order chi connectivity index (χ0) is 17.9. The monoisotopic (exact) mass is 330 g/mol. The maximum Gasteiger partial charge on any atom is 0.301 e. The van der Waals surface area contributed by atoms with E-state index in [9.17, 15) is 20.2 Å². The van der Waals surface area contributed by atoms with Crippen LogP contribution in [0.5, 0.6) is 0 Å². The number of nitrogens with zero attached hydrogens (tertiary/aromatic N) is 3. The van der Waals surface area contributed by atoms with Crippen LogP contribution in [0.3, 0.4) is 0 Å². The second kappa shape index (κ2) is 7.03. The molecule has 1 aliphatic carbocycles. The molecule has 0 spiro atoms. The molecule has 1 aromatic rings. The van der Waals surface area contributed by atoms with Crippen LogP contribution in [0.25, 0.3) is 0 Å². The maximum absolute atomic E-state index is 11.1. The number of non-ortho nitro benzene ring substituents is 1. The summed E-state index contributed by atoms with van der Waals surface area (Å²) in [4.78, 5) is 20.5. The number of anilines is 1. The number of benzene rings is 1. The Morgan fingerprint density at radius 2 is 2.04 bits per heavy atom. The van der Waals surface area contributed by atoms with Crippen LogP contribution < -0.4 is 5.43 Å². The van der Waals surface area contributed by atoms with Gasteiger partial charge in [-0.05, 0) is 44.2 Å². The molecule has 0 heterocycles. The Labute approximate surface area is 138 Å². The average molecular weight is 330 g/mol. The molecule has 8 heteroatoms. The minimum atomic E-state index is -0.672. The molecule has 1 aliphatic rings. The van der Waals surface area contributed by atoms with Crippen LogP contribution in [0.1, 0.15) is 26.7 Å². The molecule has 1 atom stereocenters. The topological polar surface area (TPSA) is 111 Å². The number of nitro benzene ring substituents is 2. The zero-order valence-electron chi connectivity index (χ0n) is 13.5. The molecule has 2 rings (SSSR count). The van der Waals surface area contributed by atoms with Gasteiger partial charge < -0.3 is 0 Å². The summed E-state index contributed by atoms with van der Waals surface area (Å²) in [5.74, 6) is 0.293. The highest BCUT2D eigenvalue weighted by Crippen LogP contribution is 2.30. The lowest BCUT2D eigenvalue weighted by atomic mass is 9.85. The first-order valence-electron chi connectivity index (χ1n) is 7.37. The number of hydrogen-bond donors (Lipinski definition) is 1. The molecule has 0 aromatic heterocycles. The van der Waals surface area contributed by atoms with Crippen LogP contribution >= 0.6 is 0 Å². The van der Waals surface area contributed by atoms with Crippen molar-refractivity contribution in [3.8, 4) is 0 Å². The third-order valence-electron chi connectivity index (χ3n) is 4.00. The van der Waals surface area contributed by atoms with Gasteiger partial charge in [0.25, 0.3) is 5.69 Å². The molecule has 1 aromatic carbocycles. The van der Waals surface area contributed by atoms with Gasteiger partial charge in [0.15, 0.2) is 0 Å². The van der Waals surface area contributed by atoms with Crippen molar-refractivity contribution >= 4 is 22.8 Å². The SMILES string of the molecule is C=C(C)[C@@H]1CC=C(C)C(=NNc2ccc([N+](=O)[O-])cc2[N+](=O)[O-])C1. The van der Waals surface area contributed by atoms with Gasteiger partial charge in [-0.25, -0.2) is 0 Å². The fourth-order valence-corrected chi connectivity index (χ4v) is 2.43. The van der Waals surface area contributed by atoms with Gasteiger partial charge in [0.1, 0.15) is 5.69 Å². The number of allylic oxidation sites excluding steroid dienone is 3. The maximum atomic E-state index is 11.1. The van der Waals surface area contributed by atoms with Crippen LogP contribution in [0.15, 0.2) is 47.1 Å². The highest BCUT2D eigenvalue weighted by atomic mass is 16.6. The second-order valence-corrected chi connectivity index (χ2v) is 5.76. The van der Waals surface area contributed by atoms with E-state index in [1.54, 1.807) is 0 Å². The van der Waals surface area contributed by atoms with Crippen molar-refractivity contribution in [2.24, 2.45) is 11.0 Å². The molecule has 8 nitrogen and oxygen atoms in total. The average Bonchev–Trinajstić information content (AvgIpc) is 2.53. The molecular weight excluding hydrogens is 312 g/mol. The van der Waals surface area contributed by atoms with Gasteiger partial charge in [-0.15, -0.1) is 0 Å². The number of hydrogen-bond acceptors (Lipinski definition) is 6. The highest BCUT2D eigenvalue weighted by molar-refractivity contribution is 6.01. The smallest absolute Gasteiger partial charge is 0.271 e. The first kappa shape index (κ1) is 17.3. The summed E-state index contributed by atoms with van der Waals surface area (Å²) in [5, 5.41) is 26.1. The summed E-state index contributed by atoms with van der Waals surface area (Å²) < 4.78 is 0. The van der Waals surface area contributed by atoms with E-state index in [2.05, 4.69) is 23.2 Å². The number of nitro groups is 2. The summed E-state index contributed by atoms with van der Waals surface area (Å²) in [7, 11) is 0. The number of rotatable bonds is 5. The van der Waals surface area contributed by atoms with Crippen LogP contribution in [0.2, 0.25) is 0 Å². The molecule has 1 N–H and O–H groups in total. The van der Waals surface area contributed by atoms with E-state index in [0.717, 1.165) is 29.3 Å². The van der Waals surface area contributed by atoms with Gasteiger partial charge in [-0.1, -0.05) is 18.2 Å². The Balaban J connectivity index is 2.29. The van der Waals surface area contributed by atoms with E-state index in [1.165, 1.54) is 12.1 Å². The summed E-state index contributed by atoms with van der Waals surface area (Å²) in [6.07, 6.45) is 3.66. The van der Waals surface area contributed by atoms with Gasteiger partial charge in [0, 0.05) is 6.07 Å².